The van der Waals surface area contributed by atoms with Crippen LogP contribution < -0.4 is 21.3 Å². The van der Waals surface area contributed by atoms with E-state index in [1.807, 2.05) is 11.8 Å². The average Bonchev–Trinajstić information content (AvgIpc) is 3.94. The Labute approximate surface area is 462 Å². The molecule has 0 spiro atoms. The number of hydrogen-bond acceptors (Lipinski definition) is 3. The third-order valence-electron chi connectivity index (χ3n) is 17.2. The number of nitrogens with zero attached hydrogens (tertiary/aromatic N) is 4. The van der Waals surface area contributed by atoms with Gasteiger partial charge in [0.05, 0.1) is 33.6 Å². The molecule has 0 saturated carbocycles. The molecule has 0 unspecified atom stereocenters. The molecule has 2 aromatic heterocycles. The van der Waals surface area contributed by atoms with E-state index < -0.39 is 0 Å². The highest BCUT2D eigenvalue weighted by atomic mass is 32.2. The summed E-state index contributed by atoms with van der Waals surface area (Å²) >= 11 is 1.96. The lowest BCUT2D eigenvalue weighted by Gasteiger charge is -2.45. The van der Waals surface area contributed by atoms with E-state index in [0.29, 0.717) is 11.8 Å². The van der Waals surface area contributed by atoms with Crippen molar-refractivity contribution in [3.63, 3.8) is 0 Å². The zero-order valence-electron chi connectivity index (χ0n) is 48.2. The second-order valence-electron chi connectivity index (χ2n) is 27.4. The summed E-state index contributed by atoms with van der Waals surface area (Å²) in [6.45, 7) is 37.6. The number of hydrogen-bond donors (Lipinski definition) is 0. The smallest absolute Gasteiger partial charge is 0.252 e. The maximum Gasteiger partial charge on any atom is 0.252 e. The van der Waals surface area contributed by atoms with Gasteiger partial charge in [0, 0.05) is 43.0 Å². The van der Waals surface area contributed by atoms with E-state index in [9.17, 15) is 0 Å². The SMILES string of the molecule is CC(C)c1cccc(C(C)C)c1-n1c(-c2cccc(-c3cc4c5c(c3)-n3c6ccc(C(C)(C)C)cc6c6cc(C(C)(C)C)cc(c63)B5c3cc(C(C)(C)C)cc5c3N4c3ccc(C(C)(C)C)cc3S5)c2)nc2ccccc21. The van der Waals surface area contributed by atoms with Crippen LogP contribution in [0.15, 0.2) is 149 Å². The number of rotatable bonds is 5. The summed E-state index contributed by atoms with van der Waals surface area (Å²) in [4.78, 5) is 10.8. The number of aromatic nitrogens is 3. The van der Waals surface area contributed by atoms with Crippen LogP contribution in [-0.2, 0) is 21.7 Å². The maximum atomic E-state index is 5.53. The molecule has 386 valence electrons. The summed E-state index contributed by atoms with van der Waals surface area (Å²) in [5.74, 6) is 1.61. The van der Waals surface area contributed by atoms with Crippen molar-refractivity contribution in [1.82, 2.24) is 14.1 Å². The molecular weight excluding hydrogens is 952 g/mol. The van der Waals surface area contributed by atoms with Crippen molar-refractivity contribution in [3.8, 4) is 33.9 Å². The molecule has 3 aliphatic rings. The topological polar surface area (TPSA) is 26.0 Å². The molecule has 10 aromatic rings. The summed E-state index contributed by atoms with van der Waals surface area (Å²) in [6, 6.07) is 54.7. The molecule has 0 atom stereocenters. The van der Waals surface area contributed by atoms with Crippen LogP contribution in [0.1, 0.15) is 156 Å². The molecule has 0 aliphatic carbocycles. The third-order valence-corrected chi connectivity index (χ3v) is 18.3. The summed E-state index contributed by atoms with van der Waals surface area (Å²) in [5.41, 5.74) is 26.6. The summed E-state index contributed by atoms with van der Waals surface area (Å²) in [7, 11) is 0. The minimum absolute atomic E-state index is 0.00133. The Balaban J connectivity index is 1.15. The molecule has 0 saturated heterocycles. The Morgan fingerprint density at radius 1 is 0.442 bits per heavy atom. The lowest BCUT2D eigenvalue weighted by atomic mass is 9.33. The van der Waals surface area contributed by atoms with Crippen LogP contribution in [0.4, 0.5) is 17.1 Å². The molecule has 0 N–H and O–H groups in total. The van der Waals surface area contributed by atoms with Gasteiger partial charge >= 0.3 is 0 Å². The summed E-state index contributed by atoms with van der Waals surface area (Å²) < 4.78 is 5.13. The molecule has 5 heterocycles. The van der Waals surface area contributed by atoms with Crippen molar-refractivity contribution in [2.75, 3.05) is 4.90 Å². The van der Waals surface area contributed by atoms with Crippen LogP contribution in [0.3, 0.4) is 0 Å². The van der Waals surface area contributed by atoms with Crippen molar-refractivity contribution in [2.45, 2.75) is 154 Å². The molecule has 0 bridgehead atoms. The van der Waals surface area contributed by atoms with Crippen molar-refractivity contribution in [2.24, 2.45) is 0 Å². The fraction of sp³-hybridized carbons (Fsp3) is 0.310. The van der Waals surface area contributed by atoms with Crippen LogP contribution in [0, 0.1) is 0 Å². The second kappa shape index (κ2) is 16.9. The van der Waals surface area contributed by atoms with E-state index in [2.05, 4.69) is 264 Å². The number of imidazole rings is 1. The van der Waals surface area contributed by atoms with Gasteiger partial charge in [0.25, 0.3) is 6.71 Å². The van der Waals surface area contributed by atoms with Gasteiger partial charge in [0.1, 0.15) is 5.82 Å². The van der Waals surface area contributed by atoms with E-state index in [1.54, 1.807) is 0 Å². The van der Waals surface area contributed by atoms with Crippen LogP contribution in [0.25, 0.3) is 66.7 Å². The molecule has 6 heteroatoms. The van der Waals surface area contributed by atoms with Crippen molar-refractivity contribution >= 4 is 84.8 Å². The molecule has 77 heavy (non-hydrogen) atoms. The molecule has 0 amide bonds. The molecule has 3 aliphatic heterocycles. The Hall–Kier alpha value is -6.76. The molecule has 0 fully saturated rings. The van der Waals surface area contributed by atoms with Crippen LogP contribution in [-0.4, -0.2) is 20.8 Å². The van der Waals surface area contributed by atoms with E-state index in [4.69, 9.17) is 4.98 Å². The van der Waals surface area contributed by atoms with Gasteiger partial charge in [-0.15, -0.1) is 0 Å². The molecule has 13 rings (SSSR count). The monoisotopic (exact) mass is 1020 g/mol. The van der Waals surface area contributed by atoms with Gasteiger partial charge in [-0.05, 0) is 161 Å². The highest BCUT2D eigenvalue weighted by Gasteiger charge is 2.46. The second-order valence-corrected chi connectivity index (χ2v) is 28.4. The first-order valence-corrected chi connectivity index (χ1v) is 29.0. The standard InChI is InChI=1S/C71H73BN4S/c1-40(2)49-23-20-24-50(41(3)4)64(49)76-57-26-18-17-25-55(57)73-67(76)43-22-19-21-42(31-43)44-32-59-63-60(33-44)75-58-30-28-46(69(8,9)10)38-61(58)77-62-39-48(71(14,15)16)37-54(66(62)75)72(63)53-36-47(70(11,12)13)35-52-51-34-45(68(5,6)7)27-29-56(51)74(59)65(52)53/h17-41H,1-16H3. The van der Waals surface area contributed by atoms with Gasteiger partial charge in [0.15, 0.2) is 0 Å². The summed E-state index contributed by atoms with van der Waals surface area (Å²) in [6.07, 6.45) is 0. The van der Waals surface area contributed by atoms with Gasteiger partial charge in [-0.25, -0.2) is 4.98 Å². The van der Waals surface area contributed by atoms with Gasteiger partial charge in [0.2, 0.25) is 0 Å². The van der Waals surface area contributed by atoms with Gasteiger partial charge < -0.3 is 9.47 Å². The molecule has 0 radical (unpaired) electrons. The van der Waals surface area contributed by atoms with E-state index in [1.165, 1.54) is 121 Å². The van der Waals surface area contributed by atoms with Crippen molar-refractivity contribution in [3.05, 3.63) is 173 Å². The van der Waals surface area contributed by atoms with Gasteiger partial charge in [-0.2, -0.15) is 0 Å². The lowest BCUT2D eigenvalue weighted by Crippen LogP contribution is -2.61. The largest absolute Gasteiger partial charge is 0.310 e. The Kier molecular flexibility index (Phi) is 10.9. The minimum atomic E-state index is -0.0700. The number of benzene rings is 8. The fourth-order valence-electron chi connectivity index (χ4n) is 12.9. The number of anilines is 3. The zero-order chi connectivity index (χ0) is 54.2. The Morgan fingerprint density at radius 3 is 1.71 bits per heavy atom. The van der Waals surface area contributed by atoms with E-state index in [0.717, 1.165) is 22.4 Å². The highest BCUT2D eigenvalue weighted by molar-refractivity contribution is 7.99. The van der Waals surface area contributed by atoms with Crippen molar-refractivity contribution in [1.29, 1.82) is 0 Å². The predicted molar refractivity (Wildman–Crippen MR) is 333 cm³/mol. The van der Waals surface area contributed by atoms with E-state index >= 15 is 0 Å². The first kappa shape index (κ1) is 49.8. The Bertz CT molecular complexity index is 4110. The predicted octanol–water partition coefficient (Wildman–Crippen LogP) is 18.0. The lowest BCUT2D eigenvalue weighted by molar-refractivity contribution is 0.588. The summed E-state index contributed by atoms with van der Waals surface area (Å²) in [5, 5.41) is 2.66. The molecule has 4 nitrogen and oxygen atoms in total. The number of para-hydroxylation sites is 3. The number of fused-ring (bicyclic) bond motifs is 10. The third kappa shape index (κ3) is 7.66. The quantitative estimate of drug-likeness (QED) is 0.161. The average molecular weight is 1030 g/mol. The van der Waals surface area contributed by atoms with Gasteiger partial charge in [-0.1, -0.05) is 195 Å². The van der Waals surface area contributed by atoms with Crippen LogP contribution in [0.5, 0.6) is 0 Å². The maximum absolute atomic E-state index is 5.53. The first-order valence-electron chi connectivity index (χ1n) is 28.2. The van der Waals surface area contributed by atoms with Gasteiger partial charge in [-0.3, -0.25) is 4.57 Å². The molecular formula is C71H73BN4S. The normalized spacial score (nSPS) is 14.1. The first-order chi connectivity index (χ1) is 36.4. The van der Waals surface area contributed by atoms with Crippen molar-refractivity contribution < 1.29 is 0 Å². The van der Waals surface area contributed by atoms with Crippen LogP contribution >= 0.6 is 11.8 Å². The van der Waals surface area contributed by atoms with Crippen LogP contribution in [0.2, 0.25) is 0 Å². The zero-order valence-corrected chi connectivity index (χ0v) is 49.0. The van der Waals surface area contributed by atoms with E-state index in [-0.39, 0.29) is 28.4 Å². The Morgan fingerprint density at radius 2 is 1.03 bits per heavy atom. The molecule has 8 aromatic carbocycles. The minimum Gasteiger partial charge on any atom is -0.310 e. The fourth-order valence-corrected chi connectivity index (χ4v) is 14.1. The highest BCUT2D eigenvalue weighted by Crippen LogP contribution is 2.55.